The van der Waals surface area contributed by atoms with Gasteiger partial charge in [0.1, 0.15) is 12.1 Å². The van der Waals surface area contributed by atoms with Crippen molar-refractivity contribution in [1.82, 2.24) is 10.6 Å². The Bertz CT molecular complexity index is 893. The van der Waals surface area contributed by atoms with Crippen molar-refractivity contribution in [3.8, 4) is 0 Å². The molecule has 7 nitrogen and oxygen atoms in total. The van der Waals surface area contributed by atoms with Crippen LogP contribution in [-0.2, 0) is 20.8 Å². The highest BCUT2D eigenvalue weighted by Crippen LogP contribution is 2.13. The van der Waals surface area contributed by atoms with Crippen LogP contribution in [-0.4, -0.2) is 40.8 Å². The number of amides is 2. The number of benzene rings is 2. The summed E-state index contributed by atoms with van der Waals surface area (Å²) in [4.78, 5) is 47.3. The Morgan fingerprint density at radius 1 is 1.04 bits per heavy atom. The van der Waals surface area contributed by atoms with E-state index in [1.165, 1.54) is 0 Å². The van der Waals surface area contributed by atoms with E-state index in [4.69, 9.17) is 0 Å². The summed E-state index contributed by atoms with van der Waals surface area (Å²) in [6.45, 7) is 0. The molecule has 3 rings (SSSR count). The number of nitrogens with one attached hydrogen (secondary N) is 2. The second-order valence-corrected chi connectivity index (χ2v) is 6.65. The Labute approximate surface area is 161 Å². The van der Waals surface area contributed by atoms with Crippen LogP contribution in [0.25, 0.3) is 0 Å². The Hall–Kier alpha value is -3.48. The first kappa shape index (κ1) is 19.3. The van der Waals surface area contributed by atoms with E-state index in [1.54, 1.807) is 48.5 Å². The van der Waals surface area contributed by atoms with Gasteiger partial charge in [-0.3, -0.25) is 14.4 Å². The first-order chi connectivity index (χ1) is 13.4. The van der Waals surface area contributed by atoms with Gasteiger partial charge in [-0.25, -0.2) is 4.79 Å². The summed E-state index contributed by atoms with van der Waals surface area (Å²) in [5, 5.41) is 14.4. The normalized spacial score (nSPS) is 16.9. The van der Waals surface area contributed by atoms with Crippen LogP contribution in [0.3, 0.4) is 0 Å². The monoisotopic (exact) mass is 380 g/mol. The highest BCUT2D eigenvalue weighted by molar-refractivity contribution is 6.08. The summed E-state index contributed by atoms with van der Waals surface area (Å²) >= 11 is 0. The lowest BCUT2D eigenvalue weighted by atomic mass is 9.99. The molecule has 28 heavy (non-hydrogen) atoms. The van der Waals surface area contributed by atoms with Crippen molar-refractivity contribution in [2.75, 3.05) is 0 Å². The van der Waals surface area contributed by atoms with Gasteiger partial charge in [-0.15, -0.1) is 0 Å². The Balaban J connectivity index is 1.65. The first-order valence-electron chi connectivity index (χ1n) is 8.95. The van der Waals surface area contributed by atoms with Crippen LogP contribution in [0.1, 0.15) is 34.3 Å². The van der Waals surface area contributed by atoms with Gasteiger partial charge in [-0.2, -0.15) is 0 Å². The van der Waals surface area contributed by atoms with Crippen LogP contribution in [0.5, 0.6) is 0 Å². The number of ketones is 1. The second-order valence-electron chi connectivity index (χ2n) is 6.65. The fraction of sp³-hybridized carbons (Fsp3) is 0.238. The van der Waals surface area contributed by atoms with Crippen LogP contribution in [0, 0.1) is 0 Å². The molecule has 0 unspecified atom stereocenters. The van der Waals surface area contributed by atoms with Crippen molar-refractivity contribution < 1.29 is 24.3 Å². The number of carbonyl (C=O) groups excluding carboxylic acids is 3. The van der Waals surface area contributed by atoms with Crippen LogP contribution in [0.15, 0.2) is 54.6 Å². The molecule has 3 N–H and O–H groups in total. The largest absolute Gasteiger partial charge is 0.480 e. The highest BCUT2D eigenvalue weighted by Gasteiger charge is 2.30. The number of carbonyl (C=O) groups is 4. The van der Waals surface area contributed by atoms with E-state index in [0.29, 0.717) is 23.1 Å². The van der Waals surface area contributed by atoms with Gasteiger partial charge in [0.25, 0.3) is 0 Å². The van der Waals surface area contributed by atoms with E-state index in [1.807, 2.05) is 6.07 Å². The highest BCUT2D eigenvalue weighted by atomic mass is 16.4. The third kappa shape index (κ3) is 4.62. The van der Waals surface area contributed by atoms with Crippen molar-refractivity contribution in [2.24, 2.45) is 0 Å². The number of hydrogen-bond acceptors (Lipinski definition) is 4. The predicted molar refractivity (Wildman–Crippen MR) is 101 cm³/mol. The van der Waals surface area contributed by atoms with Crippen molar-refractivity contribution in [2.45, 2.75) is 31.3 Å². The van der Waals surface area contributed by atoms with Gasteiger partial charge >= 0.3 is 5.97 Å². The second kappa shape index (κ2) is 8.47. The average Bonchev–Trinajstić information content (AvgIpc) is 3.14. The maximum atomic E-state index is 12.4. The maximum absolute atomic E-state index is 12.4. The van der Waals surface area contributed by atoms with Crippen molar-refractivity contribution in [3.63, 3.8) is 0 Å². The Morgan fingerprint density at radius 2 is 1.68 bits per heavy atom. The predicted octanol–water partition coefficient (Wildman–Crippen LogP) is 1.31. The fourth-order valence-corrected chi connectivity index (χ4v) is 3.07. The lowest BCUT2D eigenvalue weighted by Gasteiger charge is -2.17. The quantitative estimate of drug-likeness (QED) is 0.627. The molecular formula is C21H20N2O5. The molecule has 2 aromatic carbocycles. The van der Waals surface area contributed by atoms with E-state index >= 15 is 0 Å². The molecule has 7 heteroatoms. The first-order valence-corrected chi connectivity index (χ1v) is 8.95. The molecule has 1 saturated heterocycles. The van der Waals surface area contributed by atoms with Gasteiger partial charge in [-0.05, 0) is 12.0 Å². The van der Waals surface area contributed by atoms with Crippen LogP contribution >= 0.6 is 0 Å². The van der Waals surface area contributed by atoms with E-state index < -0.39 is 24.0 Å². The van der Waals surface area contributed by atoms with Crippen LogP contribution in [0.2, 0.25) is 0 Å². The number of rotatable bonds is 7. The topological polar surface area (TPSA) is 113 Å². The summed E-state index contributed by atoms with van der Waals surface area (Å²) in [6, 6.07) is 13.7. The molecule has 0 radical (unpaired) electrons. The molecule has 2 amide bonds. The average molecular weight is 380 g/mol. The Kier molecular flexibility index (Phi) is 5.84. The molecule has 2 aromatic rings. The van der Waals surface area contributed by atoms with E-state index in [-0.39, 0.29) is 24.5 Å². The number of aliphatic carboxylic acids is 1. The van der Waals surface area contributed by atoms with Crippen molar-refractivity contribution in [1.29, 1.82) is 0 Å². The minimum Gasteiger partial charge on any atom is -0.480 e. The van der Waals surface area contributed by atoms with Gasteiger partial charge in [-0.1, -0.05) is 54.6 Å². The van der Waals surface area contributed by atoms with Gasteiger partial charge < -0.3 is 15.7 Å². The summed E-state index contributed by atoms with van der Waals surface area (Å²) in [6.07, 6.45) is 0.682. The van der Waals surface area contributed by atoms with Crippen molar-refractivity contribution in [3.05, 3.63) is 71.3 Å². The molecule has 1 fully saturated rings. The zero-order chi connectivity index (χ0) is 20.1. The molecule has 1 aliphatic heterocycles. The summed E-state index contributed by atoms with van der Waals surface area (Å²) in [7, 11) is 0. The smallest absolute Gasteiger partial charge is 0.326 e. The molecule has 0 saturated carbocycles. The summed E-state index contributed by atoms with van der Waals surface area (Å²) in [5.41, 5.74) is 1.75. The van der Waals surface area contributed by atoms with Crippen molar-refractivity contribution >= 4 is 23.6 Å². The third-order valence-electron chi connectivity index (χ3n) is 4.62. The third-order valence-corrected chi connectivity index (χ3v) is 4.62. The van der Waals surface area contributed by atoms with Crippen LogP contribution < -0.4 is 10.6 Å². The van der Waals surface area contributed by atoms with E-state index in [9.17, 15) is 24.3 Å². The summed E-state index contributed by atoms with van der Waals surface area (Å²) in [5.74, 6) is -2.01. The molecule has 0 bridgehead atoms. The molecule has 1 heterocycles. The molecular weight excluding hydrogens is 360 g/mol. The molecule has 0 aliphatic carbocycles. The standard InChI is InChI=1S/C21H20N2O5/c24-18-11-10-16(22-18)20(26)23-17(21(27)28)12-13-6-8-15(9-7-13)19(25)14-4-2-1-3-5-14/h1-9,16-17H,10-12H2,(H,22,24)(H,23,26)(H,27,28)/t16-,17+/m0/s1. The van der Waals surface area contributed by atoms with Gasteiger partial charge in [0.2, 0.25) is 11.8 Å². The molecule has 144 valence electrons. The number of carboxylic acid groups (broad SMARTS) is 1. The zero-order valence-electron chi connectivity index (χ0n) is 15.1. The maximum Gasteiger partial charge on any atom is 0.326 e. The molecule has 1 aliphatic rings. The molecule has 2 atom stereocenters. The Morgan fingerprint density at radius 3 is 2.25 bits per heavy atom. The minimum absolute atomic E-state index is 0.0710. The van der Waals surface area contributed by atoms with E-state index in [2.05, 4.69) is 10.6 Å². The van der Waals surface area contributed by atoms with Crippen LogP contribution in [0.4, 0.5) is 0 Å². The van der Waals surface area contributed by atoms with Gasteiger partial charge in [0.15, 0.2) is 5.78 Å². The fourth-order valence-electron chi connectivity index (χ4n) is 3.07. The molecule has 0 spiro atoms. The van der Waals surface area contributed by atoms with Gasteiger partial charge in [0.05, 0.1) is 0 Å². The lowest BCUT2D eigenvalue weighted by Crippen LogP contribution is -2.49. The number of carboxylic acids is 1. The minimum atomic E-state index is -1.16. The molecule has 0 aromatic heterocycles. The van der Waals surface area contributed by atoms with Gasteiger partial charge in [0, 0.05) is 24.0 Å². The zero-order valence-corrected chi connectivity index (χ0v) is 15.1. The lowest BCUT2D eigenvalue weighted by molar-refractivity contribution is -0.142. The number of hydrogen-bond donors (Lipinski definition) is 3. The SMILES string of the molecule is O=C1CC[C@@H](C(=O)N[C@H](Cc2ccc(C(=O)c3ccccc3)cc2)C(=O)O)N1. The summed E-state index contributed by atoms with van der Waals surface area (Å²) < 4.78 is 0. The van der Waals surface area contributed by atoms with E-state index in [0.717, 1.165) is 0 Å².